The average molecular weight is 601 g/mol. The van der Waals surface area contributed by atoms with Gasteiger partial charge in [0, 0.05) is 0 Å². The molecule has 0 amide bonds. The first kappa shape index (κ1) is 39.0. The molecule has 2 nitrogen and oxygen atoms in total. The van der Waals surface area contributed by atoms with Gasteiger partial charge in [-0.3, -0.25) is 0 Å². The van der Waals surface area contributed by atoms with E-state index in [0.717, 1.165) is 12.8 Å². The molecular weight excluding hydrogens is 536 g/mol. The van der Waals surface area contributed by atoms with E-state index in [2.05, 4.69) is 52.0 Å². The lowest BCUT2D eigenvalue weighted by molar-refractivity contribution is 0.388. The first-order chi connectivity index (χ1) is 21.7. The van der Waals surface area contributed by atoms with Gasteiger partial charge in [0.05, 0.1) is 25.0 Å². The summed E-state index contributed by atoms with van der Waals surface area (Å²) in [6.07, 6.45) is 34.8. The number of ether oxygens (including phenoxy) is 2. The van der Waals surface area contributed by atoms with Crippen molar-refractivity contribution in [3.63, 3.8) is 0 Å². The molecule has 0 saturated carbocycles. The third-order valence-corrected chi connectivity index (χ3v) is 7.63. The molecule has 0 unspecified atom stereocenters. The Bertz CT molecular complexity index is 919. The maximum absolute atomic E-state index is 5.65. The van der Waals surface area contributed by atoms with Crippen LogP contribution < -0.4 is 0 Å². The second-order valence-electron chi connectivity index (χ2n) is 12.1. The lowest BCUT2D eigenvalue weighted by atomic mass is 10.1. The Morgan fingerprint density at radius 3 is 1.23 bits per heavy atom. The fourth-order valence-corrected chi connectivity index (χ4v) is 4.86. The third-order valence-electron chi connectivity index (χ3n) is 7.63. The van der Waals surface area contributed by atoms with E-state index in [-0.39, 0.29) is 0 Å². The minimum atomic E-state index is 0.896. The maximum Gasteiger partial charge on any atom is 0.0890 e. The van der Waals surface area contributed by atoms with Gasteiger partial charge in [0.1, 0.15) is 0 Å². The summed E-state index contributed by atoms with van der Waals surface area (Å²) in [5.74, 6) is 0. The van der Waals surface area contributed by atoms with Crippen molar-refractivity contribution < 1.29 is 9.47 Å². The van der Waals surface area contributed by atoms with Gasteiger partial charge in [-0.1, -0.05) is 152 Å². The molecule has 244 valence electrons. The van der Waals surface area contributed by atoms with Crippen LogP contribution in [0.15, 0.2) is 109 Å². The van der Waals surface area contributed by atoms with Gasteiger partial charge in [0.25, 0.3) is 0 Å². The van der Waals surface area contributed by atoms with Crippen LogP contribution in [0.4, 0.5) is 0 Å². The molecule has 0 spiro atoms. The van der Waals surface area contributed by atoms with Crippen molar-refractivity contribution >= 4 is 0 Å². The normalized spacial score (nSPS) is 12.0. The van der Waals surface area contributed by atoms with E-state index in [4.69, 9.17) is 9.47 Å². The molecule has 2 aromatic rings. The van der Waals surface area contributed by atoms with Crippen LogP contribution in [0.1, 0.15) is 142 Å². The number of unbranched alkanes of at least 4 members (excludes halogenated alkanes) is 12. The fraction of sp³-hybridized carbons (Fsp3) is 0.524. The first-order valence-electron chi connectivity index (χ1n) is 17.7. The Morgan fingerprint density at radius 1 is 0.477 bits per heavy atom. The number of benzene rings is 2. The van der Waals surface area contributed by atoms with Crippen molar-refractivity contribution in [1.29, 1.82) is 0 Å². The largest absolute Gasteiger partial charge is 0.473 e. The van der Waals surface area contributed by atoms with Crippen LogP contribution in [0.5, 0.6) is 0 Å². The number of allylic oxidation sites excluding steroid dienone is 4. The van der Waals surface area contributed by atoms with Crippen molar-refractivity contribution in [3.8, 4) is 0 Å². The number of hydrogen-bond donors (Lipinski definition) is 0. The molecule has 0 bridgehead atoms. The summed E-state index contributed by atoms with van der Waals surface area (Å²) in [7, 11) is 0. The van der Waals surface area contributed by atoms with Gasteiger partial charge in [-0.05, 0) is 86.8 Å². The van der Waals surface area contributed by atoms with Crippen LogP contribution in [-0.2, 0) is 22.3 Å². The van der Waals surface area contributed by atoms with E-state index in [0.29, 0.717) is 0 Å². The van der Waals surface area contributed by atoms with Gasteiger partial charge >= 0.3 is 0 Å². The van der Waals surface area contributed by atoms with Gasteiger partial charge < -0.3 is 9.47 Å². The lowest BCUT2D eigenvalue weighted by Crippen LogP contribution is -1.85. The van der Waals surface area contributed by atoms with Crippen LogP contribution in [0.25, 0.3) is 0 Å². The van der Waals surface area contributed by atoms with E-state index >= 15 is 0 Å². The molecule has 0 N–H and O–H groups in total. The highest BCUT2D eigenvalue weighted by Gasteiger charge is 1.96. The molecule has 0 fully saturated rings. The van der Waals surface area contributed by atoms with Crippen LogP contribution in [-0.4, -0.2) is 0 Å². The van der Waals surface area contributed by atoms with E-state index in [9.17, 15) is 0 Å². The monoisotopic (exact) mass is 600 g/mol. The van der Waals surface area contributed by atoms with Crippen molar-refractivity contribution in [1.82, 2.24) is 0 Å². The Balaban J connectivity index is 0.000000454. The molecule has 2 rings (SSSR count). The highest BCUT2D eigenvalue weighted by atomic mass is 16.5. The maximum atomic E-state index is 5.65. The standard InChI is InChI=1S/C24H46O.C18H18O/c1-5-7-9-11-13-15-17-19-23(3)21-25-22-24(4)20-18-16-14-12-10-8-6-2;1-3-9-17(10-4-1)13-7-15-19-16-8-14-18-11-5-2-6-12-18/h21-22H,5-20H2,1-4H3;1-12,15-16H,13-14H2/b23-21+,24-22+;15-7-,16-8-. The van der Waals surface area contributed by atoms with Gasteiger partial charge in [0.15, 0.2) is 0 Å². The van der Waals surface area contributed by atoms with Crippen molar-refractivity contribution in [2.45, 2.75) is 143 Å². The van der Waals surface area contributed by atoms with Crippen LogP contribution >= 0.6 is 0 Å². The summed E-state index contributed by atoms with van der Waals surface area (Å²) in [5.41, 5.74) is 5.31. The smallest absolute Gasteiger partial charge is 0.0890 e. The molecule has 0 aliphatic heterocycles. The molecule has 0 aliphatic rings. The van der Waals surface area contributed by atoms with Gasteiger partial charge in [0.2, 0.25) is 0 Å². The molecule has 0 radical (unpaired) electrons. The van der Waals surface area contributed by atoms with Crippen LogP contribution in [0, 0.1) is 0 Å². The zero-order valence-electron chi connectivity index (χ0n) is 28.8. The Morgan fingerprint density at radius 2 is 0.841 bits per heavy atom. The predicted molar refractivity (Wildman–Crippen MR) is 193 cm³/mol. The highest BCUT2D eigenvalue weighted by Crippen LogP contribution is 2.14. The van der Waals surface area contributed by atoms with E-state index in [1.54, 1.807) is 12.5 Å². The van der Waals surface area contributed by atoms with E-state index in [1.165, 1.54) is 125 Å². The molecule has 0 saturated heterocycles. The van der Waals surface area contributed by atoms with Crippen molar-refractivity contribution in [2.75, 3.05) is 0 Å². The fourth-order valence-electron chi connectivity index (χ4n) is 4.86. The first-order valence-corrected chi connectivity index (χ1v) is 17.7. The zero-order chi connectivity index (χ0) is 31.8. The number of rotatable bonds is 24. The van der Waals surface area contributed by atoms with Crippen LogP contribution in [0.2, 0.25) is 0 Å². The van der Waals surface area contributed by atoms with Crippen molar-refractivity contribution in [2.24, 2.45) is 0 Å². The molecular formula is C42H64O2. The minimum absolute atomic E-state index is 0.896. The second kappa shape index (κ2) is 30.0. The summed E-state index contributed by atoms with van der Waals surface area (Å²) in [5, 5.41) is 0. The average Bonchev–Trinajstić information content (AvgIpc) is 3.05. The summed E-state index contributed by atoms with van der Waals surface area (Å²) < 4.78 is 11.0. The summed E-state index contributed by atoms with van der Waals surface area (Å²) in [4.78, 5) is 0. The number of hydrogen-bond acceptors (Lipinski definition) is 2. The second-order valence-corrected chi connectivity index (χ2v) is 12.1. The molecule has 0 aliphatic carbocycles. The molecule has 44 heavy (non-hydrogen) atoms. The van der Waals surface area contributed by atoms with Crippen LogP contribution in [0.3, 0.4) is 0 Å². The quantitative estimate of drug-likeness (QED) is 0.0881. The third kappa shape index (κ3) is 25.5. The Labute approximate surface area is 272 Å². The zero-order valence-corrected chi connectivity index (χ0v) is 28.8. The van der Waals surface area contributed by atoms with E-state index in [1.807, 2.05) is 61.1 Å². The predicted octanol–water partition coefficient (Wildman–Crippen LogP) is 13.6. The highest BCUT2D eigenvalue weighted by molar-refractivity contribution is 5.18. The molecule has 0 aromatic heterocycles. The van der Waals surface area contributed by atoms with Gasteiger partial charge in [-0.2, -0.15) is 0 Å². The Hall–Kier alpha value is -3.00. The molecule has 2 aromatic carbocycles. The van der Waals surface area contributed by atoms with Gasteiger partial charge in [-0.15, -0.1) is 0 Å². The molecule has 0 atom stereocenters. The topological polar surface area (TPSA) is 18.5 Å². The van der Waals surface area contributed by atoms with Crippen molar-refractivity contribution in [3.05, 3.63) is 120 Å². The van der Waals surface area contributed by atoms with Gasteiger partial charge in [-0.25, -0.2) is 0 Å². The molecule has 2 heteroatoms. The summed E-state index contributed by atoms with van der Waals surface area (Å²) >= 11 is 0. The summed E-state index contributed by atoms with van der Waals surface area (Å²) in [6, 6.07) is 20.7. The molecule has 0 heterocycles. The summed E-state index contributed by atoms with van der Waals surface area (Å²) in [6.45, 7) is 8.94. The lowest BCUT2D eigenvalue weighted by Gasteiger charge is -2.04. The SMILES string of the molecule is C(=C/O/C=C\Cc1ccccc1)/Cc1ccccc1.CCCCCCCCC/C(C)=C/O/C=C(\C)CCCCCCCCC. The Kier molecular flexibility index (Phi) is 26.6. The minimum Gasteiger partial charge on any atom is -0.473 e. The van der Waals surface area contributed by atoms with E-state index < -0.39 is 0 Å².